The van der Waals surface area contributed by atoms with Crippen molar-refractivity contribution in [2.75, 3.05) is 5.32 Å². The minimum atomic E-state index is -0.0434. The number of carbonyl (C=O) groups is 2. The Morgan fingerprint density at radius 2 is 2.04 bits per heavy atom. The van der Waals surface area contributed by atoms with Gasteiger partial charge in [-0.05, 0) is 23.8 Å². The van der Waals surface area contributed by atoms with Gasteiger partial charge in [-0.3, -0.25) is 9.59 Å². The normalized spacial score (nSPS) is 17.2. The zero-order valence-electron chi connectivity index (χ0n) is 13.3. The number of thiazole rings is 1. The lowest BCUT2D eigenvalue weighted by Gasteiger charge is -2.20. The van der Waals surface area contributed by atoms with Crippen LogP contribution in [0.25, 0.3) is 0 Å². The van der Waals surface area contributed by atoms with E-state index in [1.807, 2.05) is 32.0 Å². The van der Waals surface area contributed by atoms with Gasteiger partial charge in [-0.25, -0.2) is 4.98 Å². The number of anilines is 1. The van der Waals surface area contributed by atoms with Gasteiger partial charge in [-0.15, -0.1) is 0 Å². The molecule has 0 saturated heterocycles. The summed E-state index contributed by atoms with van der Waals surface area (Å²) in [4.78, 5) is 29.5. The summed E-state index contributed by atoms with van der Waals surface area (Å²) in [7, 11) is 0. The zero-order chi connectivity index (χ0) is 16.4. The summed E-state index contributed by atoms with van der Waals surface area (Å²) in [5.74, 6) is 0.561. The van der Waals surface area contributed by atoms with Crippen molar-refractivity contribution in [3.63, 3.8) is 0 Å². The average molecular weight is 328 g/mol. The van der Waals surface area contributed by atoms with E-state index in [4.69, 9.17) is 0 Å². The van der Waals surface area contributed by atoms with E-state index in [0.29, 0.717) is 28.8 Å². The molecule has 0 bridgehead atoms. The number of carbonyl (C=O) groups excluding carboxylic acids is 2. The molecule has 0 aliphatic heterocycles. The molecule has 2 aromatic rings. The van der Waals surface area contributed by atoms with E-state index in [1.165, 1.54) is 16.9 Å². The van der Waals surface area contributed by atoms with Gasteiger partial charge < -0.3 is 5.32 Å². The Morgan fingerprint density at radius 1 is 1.30 bits per heavy atom. The minimum Gasteiger partial charge on any atom is -0.302 e. The third kappa shape index (κ3) is 3.67. The molecular weight excluding hydrogens is 308 g/mol. The Kier molecular flexibility index (Phi) is 4.57. The van der Waals surface area contributed by atoms with Crippen LogP contribution in [0.5, 0.6) is 0 Å². The Balaban J connectivity index is 1.77. The van der Waals surface area contributed by atoms with Gasteiger partial charge in [0.25, 0.3) is 0 Å². The van der Waals surface area contributed by atoms with Crippen molar-refractivity contribution in [3.05, 3.63) is 46.5 Å². The van der Waals surface area contributed by atoms with Gasteiger partial charge in [0.05, 0.1) is 10.6 Å². The number of nitrogens with one attached hydrogen (secondary N) is 1. The van der Waals surface area contributed by atoms with Crippen molar-refractivity contribution in [2.24, 2.45) is 5.92 Å². The lowest BCUT2D eigenvalue weighted by atomic mass is 9.85. The van der Waals surface area contributed by atoms with Crippen LogP contribution in [-0.2, 0) is 11.2 Å². The topological polar surface area (TPSA) is 59.1 Å². The molecule has 1 aromatic carbocycles. The van der Waals surface area contributed by atoms with Gasteiger partial charge in [0.2, 0.25) is 5.91 Å². The summed E-state index contributed by atoms with van der Waals surface area (Å²) in [5, 5.41) is 3.37. The highest BCUT2D eigenvalue weighted by molar-refractivity contribution is 7.17. The van der Waals surface area contributed by atoms with Gasteiger partial charge in [-0.2, -0.15) is 0 Å². The molecule has 1 amide bonds. The highest BCUT2D eigenvalue weighted by Gasteiger charge is 2.30. The molecule has 1 aliphatic rings. The first-order valence-electron chi connectivity index (χ1n) is 7.90. The van der Waals surface area contributed by atoms with E-state index in [0.717, 1.165) is 12.1 Å². The molecule has 0 saturated carbocycles. The first-order valence-corrected chi connectivity index (χ1v) is 8.72. The van der Waals surface area contributed by atoms with Crippen LogP contribution in [0.15, 0.2) is 30.3 Å². The number of fused-ring (bicyclic) bond motifs is 1. The third-order valence-electron chi connectivity index (χ3n) is 3.93. The molecule has 1 aliphatic carbocycles. The number of aromatic nitrogens is 1. The summed E-state index contributed by atoms with van der Waals surface area (Å²) in [6.07, 6.45) is 1.73. The van der Waals surface area contributed by atoms with E-state index in [2.05, 4.69) is 22.4 Å². The fraction of sp³-hybridized carbons (Fsp3) is 0.389. The second-order valence-electron chi connectivity index (χ2n) is 6.38. The quantitative estimate of drug-likeness (QED) is 0.921. The molecule has 0 spiro atoms. The molecule has 1 heterocycles. The minimum absolute atomic E-state index is 0.0434. The van der Waals surface area contributed by atoms with Crippen molar-refractivity contribution in [1.82, 2.24) is 4.98 Å². The van der Waals surface area contributed by atoms with Crippen LogP contribution < -0.4 is 5.32 Å². The van der Waals surface area contributed by atoms with Crippen LogP contribution in [0.3, 0.4) is 0 Å². The monoisotopic (exact) mass is 328 g/mol. The van der Waals surface area contributed by atoms with Crippen LogP contribution in [0.4, 0.5) is 5.13 Å². The van der Waals surface area contributed by atoms with Crippen molar-refractivity contribution >= 4 is 28.2 Å². The van der Waals surface area contributed by atoms with E-state index < -0.39 is 0 Å². The summed E-state index contributed by atoms with van der Waals surface area (Å²) in [5.41, 5.74) is 1.99. The van der Waals surface area contributed by atoms with Crippen molar-refractivity contribution in [2.45, 2.75) is 39.0 Å². The van der Waals surface area contributed by atoms with Crippen molar-refractivity contribution in [3.8, 4) is 0 Å². The molecule has 1 N–H and O–H groups in total. The van der Waals surface area contributed by atoms with Crippen LogP contribution in [-0.4, -0.2) is 16.7 Å². The largest absolute Gasteiger partial charge is 0.302 e. The summed E-state index contributed by atoms with van der Waals surface area (Å²) >= 11 is 1.30. The van der Waals surface area contributed by atoms with E-state index >= 15 is 0 Å². The van der Waals surface area contributed by atoms with E-state index in [9.17, 15) is 9.59 Å². The molecule has 3 rings (SSSR count). The first-order chi connectivity index (χ1) is 11.0. The standard InChI is InChI=1S/C18H20N2O2S/c1-11(2)8-16(22)20-18-19-14-9-13(10-15(21)17(14)23-18)12-6-4-3-5-7-12/h3-7,11,13H,8-10H2,1-2H3,(H,19,20,22). The average Bonchev–Trinajstić information content (AvgIpc) is 2.90. The number of benzene rings is 1. The molecule has 0 radical (unpaired) electrons. The predicted molar refractivity (Wildman–Crippen MR) is 92.0 cm³/mol. The van der Waals surface area contributed by atoms with Crippen LogP contribution in [0.2, 0.25) is 0 Å². The third-order valence-corrected chi connectivity index (χ3v) is 4.99. The maximum Gasteiger partial charge on any atom is 0.226 e. The van der Waals surface area contributed by atoms with Gasteiger partial charge >= 0.3 is 0 Å². The molecule has 1 aromatic heterocycles. The van der Waals surface area contributed by atoms with Gasteiger partial charge in [-0.1, -0.05) is 55.5 Å². The fourth-order valence-electron chi connectivity index (χ4n) is 2.89. The number of rotatable bonds is 4. The molecule has 1 unspecified atom stereocenters. The molecular formula is C18H20N2O2S. The molecule has 5 heteroatoms. The molecule has 23 heavy (non-hydrogen) atoms. The van der Waals surface area contributed by atoms with Crippen LogP contribution >= 0.6 is 11.3 Å². The first kappa shape index (κ1) is 15.9. The Morgan fingerprint density at radius 3 is 2.74 bits per heavy atom. The number of nitrogens with zero attached hydrogens (tertiary/aromatic N) is 1. The van der Waals surface area contributed by atoms with Crippen LogP contribution in [0, 0.1) is 5.92 Å². The Hall–Kier alpha value is -2.01. The second kappa shape index (κ2) is 6.62. The van der Waals surface area contributed by atoms with Gasteiger partial charge in [0.15, 0.2) is 10.9 Å². The lowest BCUT2D eigenvalue weighted by Crippen LogP contribution is -2.17. The predicted octanol–water partition coefficient (Wildman–Crippen LogP) is 4.04. The SMILES string of the molecule is CC(C)CC(=O)Nc1nc2c(s1)C(=O)CC(c1ccccc1)C2. The number of hydrogen-bond acceptors (Lipinski definition) is 4. The van der Waals surface area contributed by atoms with Crippen LogP contribution in [0.1, 0.15) is 53.5 Å². The second-order valence-corrected chi connectivity index (χ2v) is 7.38. The number of amides is 1. The zero-order valence-corrected chi connectivity index (χ0v) is 14.2. The summed E-state index contributed by atoms with van der Waals surface area (Å²) < 4.78 is 0. The van der Waals surface area contributed by atoms with E-state index in [-0.39, 0.29) is 17.6 Å². The molecule has 1 atom stereocenters. The highest BCUT2D eigenvalue weighted by atomic mass is 32.1. The van der Waals surface area contributed by atoms with Crippen molar-refractivity contribution in [1.29, 1.82) is 0 Å². The molecule has 120 valence electrons. The summed E-state index contributed by atoms with van der Waals surface area (Å²) in [6.45, 7) is 4.00. The smallest absolute Gasteiger partial charge is 0.226 e. The Bertz CT molecular complexity index is 722. The summed E-state index contributed by atoms with van der Waals surface area (Å²) in [6, 6.07) is 10.1. The maximum absolute atomic E-state index is 12.4. The molecule has 0 fully saturated rings. The highest BCUT2D eigenvalue weighted by Crippen LogP contribution is 2.36. The van der Waals surface area contributed by atoms with Gasteiger partial charge in [0, 0.05) is 12.8 Å². The van der Waals surface area contributed by atoms with Gasteiger partial charge in [0.1, 0.15) is 0 Å². The molecule has 4 nitrogen and oxygen atoms in total. The Labute approximate surface area is 140 Å². The maximum atomic E-state index is 12.4. The van der Waals surface area contributed by atoms with E-state index in [1.54, 1.807) is 0 Å². The number of ketones is 1. The fourth-order valence-corrected chi connectivity index (χ4v) is 3.84. The van der Waals surface area contributed by atoms with Crippen molar-refractivity contribution < 1.29 is 9.59 Å². The lowest BCUT2D eigenvalue weighted by molar-refractivity contribution is -0.116. The number of hydrogen-bond donors (Lipinski definition) is 1. The number of Topliss-reactive ketones (excluding diaryl/α,β-unsaturated/α-hetero) is 1.